The van der Waals surface area contributed by atoms with Crippen LogP contribution in [0.3, 0.4) is 0 Å². The summed E-state index contributed by atoms with van der Waals surface area (Å²) in [6.07, 6.45) is 0. The Morgan fingerprint density at radius 3 is 2.94 bits per heavy atom. The number of aromatic nitrogens is 2. The van der Waals surface area contributed by atoms with Crippen molar-refractivity contribution in [1.29, 1.82) is 0 Å². The zero-order chi connectivity index (χ0) is 12.3. The van der Waals surface area contributed by atoms with Crippen LogP contribution in [0.4, 0.5) is 4.39 Å². The first kappa shape index (κ1) is 12.2. The molecule has 0 atom stereocenters. The molecule has 0 fully saturated rings. The van der Waals surface area contributed by atoms with Crippen molar-refractivity contribution in [2.24, 2.45) is 0 Å². The van der Waals surface area contributed by atoms with Gasteiger partial charge in [0.15, 0.2) is 5.82 Å². The second-order valence-electron chi connectivity index (χ2n) is 3.55. The van der Waals surface area contributed by atoms with Crippen molar-refractivity contribution in [3.63, 3.8) is 0 Å². The van der Waals surface area contributed by atoms with Gasteiger partial charge in [0.05, 0.1) is 11.0 Å². The number of hydrogen-bond donors (Lipinski definition) is 1. The molecule has 2 rings (SSSR count). The fourth-order valence-corrected chi connectivity index (χ4v) is 1.81. The van der Waals surface area contributed by atoms with Gasteiger partial charge in [-0.15, -0.1) is 0 Å². The minimum atomic E-state index is -0.264. The van der Waals surface area contributed by atoms with Gasteiger partial charge < -0.3 is 9.84 Å². The van der Waals surface area contributed by atoms with Crippen molar-refractivity contribution in [3.05, 3.63) is 45.8 Å². The zero-order valence-corrected chi connectivity index (χ0v) is 10.8. The summed E-state index contributed by atoms with van der Waals surface area (Å²) in [5.41, 5.74) is 0.852. The first-order chi connectivity index (χ1) is 8.16. The fourth-order valence-electron chi connectivity index (χ4n) is 1.41. The number of hydrogen-bond acceptors (Lipinski definition) is 4. The average molecular weight is 300 g/mol. The van der Waals surface area contributed by atoms with E-state index in [-0.39, 0.29) is 5.82 Å². The third-order valence-electron chi connectivity index (χ3n) is 2.20. The highest BCUT2D eigenvalue weighted by atomic mass is 79.9. The van der Waals surface area contributed by atoms with Gasteiger partial charge in [-0.25, -0.2) is 4.39 Å². The number of nitrogens with one attached hydrogen (secondary N) is 1. The molecule has 0 spiro atoms. The number of aryl methyl sites for hydroxylation is 1. The normalized spacial score (nSPS) is 10.8. The molecule has 17 heavy (non-hydrogen) atoms. The lowest BCUT2D eigenvalue weighted by atomic mass is 10.2. The highest BCUT2D eigenvalue weighted by Gasteiger charge is 2.05. The lowest BCUT2D eigenvalue weighted by molar-refractivity contribution is 0.385. The lowest BCUT2D eigenvalue weighted by Gasteiger charge is -2.05. The van der Waals surface area contributed by atoms with Gasteiger partial charge in [0.2, 0.25) is 5.89 Å². The predicted octanol–water partition coefficient (Wildman–Crippen LogP) is 2.57. The molecule has 0 saturated heterocycles. The van der Waals surface area contributed by atoms with Crippen molar-refractivity contribution in [1.82, 2.24) is 15.5 Å². The minimum absolute atomic E-state index is 0.264. The predicted molar refractivity (Wildman–Crippen MR) is 63.7 cm³/mol. The average Bonchev–Trinajstić information content (AvgIpc) is 2.70. The molecule has 90 valence electrons. The van der Waals surface area contributed by atoms with Gasteiger partial charge in [-0.3, -0.25) is 0 Å². The molecule has 1 N–H and O–H groups in total. The monoisotopic (exact) mass is 299 g/mol. The molecular formula is C11H11BrFN3O. The van der Waals surface area contributed by atoms with Gasteiger partial charge in [-0.05, 0) is 27.6 Å². The number of rotatable bonds is 4. The van der Waals surface area contributed by atoms with Crippen molar-refractivity contribution in [2.45, 2.75) is 20.0 Å². The van der Waals surface area contributed by atoms with E-state index in [1.165, 1.54) is 6.07 Å². The molecule has 0 unspecified atom stereocenters. The maximum atomic E-state index is 13.2. The molecule has 4 nitrogen and oxygen atoms in total. The molecule has 0 aliphatic rings. The summed E-state index contributed by atoms with van der Waals surface area (Å²) >= 11 is 3.21. The second-order valence-corrected chi connectivity index (χ2v) is 4.34. The van der Waals surface area contributed by atoms with Crippen LogP contribution in [0.15, 0.2) is 27.2 Å². The van der Waals surface area contributed by atoms with Gasteiger partial charge in [0, 0.05) is 13.5 Å². The molecule has 1 heterocycles. The van der Waals surface area contributed by atoms with Crippen molar-refractivity contribution in [3.8, 4) is 0 Å². The molecule has 0 radical (unpaired) electrons. The van der Waals surface area contributed by atoms with Gasteiger partial charge in [-0.2, -0.15) is 4.98 Å². The quantitative estimate of drug-likeness (QED) is 0.943. The summed E-state index contributed by atoms with van der Waals surface area (Å²) < 4.78 is 18.5. The summed E-state index contributed by atoms with van der Waals surface area (Å²) in [5.74, 6) is 0.864. The number of nitrogens with zero attached hydrogens (tertiary/aromatic N) is 2. The van der Waals surface area contributed by atoms with Crippen molar-refractivity contribution >= 4 is 15.9 Å². The molecule has 6 heteroatoms. The van der Waals surface area contributed by atoms with Crippen LogP contribution in [0.2, 0.25) is 0 Å². The van der Waals surface area contributed by atoms with E-state index in [0.29, 0.717) is 29.3 Å². The summed E-state index contributed by atoms with van der Waals surface area (Å²) in [6, 6.07) is 4.94. The van der Waals surface area contributed by atoms with E-state index in [1.807, 2.05) is 6.07 Å². The smallest absolute Gasteiger partial charge is 0.223 e. The van der Waals surface area contributed by atoms with E-state index >= 15 is 0 Å². The fraction of sp³-hybridized carbons (Fsp3) is 0.273. The van der Waals surface area contributed by atoms with Gasteiger partial charge in [0.1, 0.15) is 5.82 Å². The zero-order valence-electron chi connectivity index (χ0n) is 9.20. The Balaban J connectivity index is 1.92. The number of halogens is 2. The van der Waals surface area contributed by atoms with Crippen LogP contribution < -0.4 is 5.32 Å². The van der Waals surface area contributed by atoms with Crippen LogP contribution in [0, 0.1) is 12.7 Å². The van der Waals surface area contributed by atoms with E-state index in [9.17, 15) is 4.39 Å². The Labute approximate surface area is 106 Å². The summed E-state index contributed by atoms with van der Waals surface area (Å²) in [7, 11) is 0. The Hall–Kier alpha value is -1.27. The van der Waals surface area contributed by atoms with Crippen LogP contribution in [-0.4, -0.2) is 10.1 Å². The van der Waals surface area contributed by atoms with E-state index in [1.54, 1.807) is 13.0 Å². The van der Waals surface area contributed by atoms with Crippen LogP contribution in [-0.2, 0) is 13.1 Å². The molecule has 2 aromatic rings. The van der Waals surface area contributed by atoms with Gasteiger partial charge in [-0.1, -0.05) is 17.3 Å². The molecule has 0 aliphatic carbocycles. The Morgan fingerprint density at radius 2 is 2.24 bits per heavy atom. The van der Waals surface area contributed by atoms with Crippen LogP contribution in [0.5, 0.6) is 0 Å². The highest BCUT2D eigenvalue weighted by molar-refractivity contribution is 9.10. The topological polar surface area (TPSA) is 51.0 Å². The first-order valence-electron chi connectivity index (χ1n) is 5.09. The highest BCUT2D eigenvalue weighted by Crippen LogP contribution is 2.20. The molecule has 1 aromatic carbocycles. The van der Waals surface area contributed by atoms with E-state index < -0.39 is 0 Å². The van der Waals surface area contributed by atoms with E-state index in [4.69, 9.17) is 4.52 Å². The SMILES string of the molecule is Cc1nc(CNCc2cccc(F)c2Br)no1. The largest absolute Gasteiger partial charge is 0.340 e. The van der Waals surface area contributed by atoms with Crippen LogP contribution >= 0.6 is 15.9 Å². The third kappa shape index (κ3) is 3.10. The molecule has 0 aliphatic heterocycles. The molecule has 0 bridgehead atoms. The summed E-state index contributed by atoms with van der Waals surface area (Å²) in [4.78, 5) is 4.06. The molecule has 1 aromatic heterocycles. The van der Waals surface area contributed by atoms with Crippen molar-refractivity contribution in [2.75, 3.05) is 0 Å². The van der Waals surface area contributed by atoms with Gasteiger partial charge in [0.25, 0.3) is 0 Å². The summed E-state index contributed by atoms with van der Waals surface area (Å²) in [5, 5.41) is 6.87. The number of benzene rings is 1. The Kier molecular flexibility index (Phi) is 3.86. The Morgan fingerprint density at radius 1 is 1.41 bits per heavy atom. The van der Waals surface area contributed by atoms with Gasteiger partial charge >= 0.3 is 0 Å². The van der Waals surface area contributed by atoms with Crippen LogP contribution in [0.25, 0.3) is 0 Å². The molecule has 0 saturated carbocycles. The van der Waals surface area contributed by atoms with E-state index in [0.717, 1.165) is 5.56 Å². The third-order valence-corrected chi connectivity index (χ3v) is 3.09. The molecular weight excluding hydrogens is 289 g/mol. The lowest BCUT2D eigenvalue weighted by Crippen LogP contribution is -2.14. The van der Waals surface area contributed by atoms with E-state index in [2.05, 4.69) is 31.4 Å². The maximum Gasteiger partial charge on any atom is 0.223 e. The standard InChI is InChI=1S/C11H11BrFN3O/c1-7-15-10(16-17-7)6-14-5-8-3-2-4-9(13)11(8)12/h2-4,14H,5-6H2,1H3. The maximum absolute atomic E-state index is 13.2. The van der Waals surface area contributed by atoms with Crippen molar-refractivity contribution < 1.29 is 8.91 Å². The second kappa shape index (κ2) is 5.37. The molecule has 0 amide bonds. The van der Waals surface area contributed by atoms with Crippen LogP contribution in [0.1, 0.15) is 17.3 Å². The first-order valence-corrected chi connectivity index (χ1v) is 5.89. The minimum Gasteiger partial charge on any atom is -0.340 e. The Bertz CT molecular complexity index is 515. The summed E-state index contributed by atoms with van der Waals surface area (Å²) in [6.45, 7) is 2.76.